The van der Waals surface area contributed by atoms with Crippen LogP contribution in [0.1, 0.15) is 11.1 Å². The SMILES string of the molecule is Cc1ccc2oc(-c3ccc(N=Cc4cc(I)c(O)c(I)c4)cc3O)nc2c1. The molecule has 0 spiro atoms. The lowest BCUT2D eigenvalue weighted by Crippen LogP contribution is -1.87. The Bertz CT molecular complexity index is 1210. The predicted molar refractivity (Wildman–Crippen MR) is 127 cm³/mol. The van der Waals surface area contributed by atoms with Crippen molar-refractivity contribution in [2.75, 3.05) is 0 Å². The average Bonchev–Trinajstić information content (AvgIpc) is 3.07. The monoisotopic (exact) mass is 596 g/mol. The Hall–Kier alpha value is -2.14. The predicted octanol–water partition coefficient (Wildman–Crippen LogP) is 6.17. The molecule has 0 aliphatic rings. The Morgan fingerprint density at radius 2 is 1.75 bits per heavy atom. The van der Waals surface area contributed by atoms with Gasteiger partial charge in [-0.25, -0.2) is 4.98 Å². The third kappa shape index (κ3) is 3.86. The maximum atomic E-state index is 10.4. The molecule has 140 valence electrons. The second-order valence-corrected chi connectivity index (χ2v) is 8.61. The van der Waals surface area contributed by atoms with Crippen molar-refractivity contribution < 1.29 is 14.6 Å². The Morgan fingerprint density at radius 3 is 2.46 bits per heavy atom. The van der Waals surface area contributed by atoms with E-state index in [2.05, 4.69) is 55.2 Å². The molecule has 0 amide bonds. The molecule has 28 heavy (non-hydrogen) atoms. The highest BCUT2D eigenvalue weighted by Crippen LogP contribution is 2.34. The van der Waals surface area contributed by atoms with Gasteiger partial charge in [0.05, 0.1) is 18.4 Å². The molecule has 7 heteroatoms. The number of oxazole rings is 1. The highest BCUT2D eigenvalue weighted by Gasteiger charge is 2.13. The Morgan fingerprint density at radius 1 is 1.00 bits per heavy atom. The first-order valence-corrected chi connectivity index (χ1v) is 10.5. The van der Waals surface area contributed by atoms with Crippen LogP contribution < -0.4 is 0 Å². The zero-order valence-corrected chi connectivity index (χ0v) is 19.0. The molecule has 0 saturated heterocycles. The van der Waals surface area contributed by atoms with Gasteiger partial charge in [-0.15, -0.1) is 0 Å². The summed E-state index contributed by atoms with van der Waals surface area (Å²) in [5.41, 5.74) is 4.52. The zero-order valence-electron chi connectivity index (χ0n) is 14.6. The summed E-state index contributed by atoms with van der Waals surface area (Å²) in [6.07, 6.45) is 1.69. The highest BCUT2D eigenvalue weighted by molar-refractivity contribution is 14.1. The standard InChI is InChI=1S/C21H14I2N2O3/c1-11-2-5-19-17(6-11)25-21(28-19)14-4-3-13(9-18(14)26)24-10-12-7-15(22)20(27)16(23)8-12/h2-10,26-27H,1H3. The van der Waals surface area contributed by atoms with Gasteiger partial charge < -0.3 is 14.6 Å². The molecule has 0 fully saturated rings. The van der Waals surface area contributed by atoms with E-state index in [1.807, 2.05) is 37.3 Å². The van der Waals surface area contributed by atoms with E-state index >= 15 is 0 Å². The number of hydrogen-bond donors (Lipinski definition) is 2. The van der Waals surface area contributed by atoms with Crippen molar-refractivity contribution in [3.63, 3.8) is 0 Å². The van der Waals surface area contributed by atoms with E-state index in [-0.39, 0.29) is 11.5 Å². The summed E-state index contributed by atoms with van der Waals surface area (Å²) < 4.78 is 7.28. The van der Waals surface area contributed by atoms with E-state index in [0.29, 0.717) is 22.7 Å². The van der Waals surface area contributed by atoms with Gasteiger partial charge in [-0.1, -0.05) is 6.07 Å². The number of aromatic hydroxyl groups is 2. The van der Waals surface area contributed by atoms with Gasteiger partial charge in [0.1, 0.15) is 17.0 Å². The van der Waals surface area contributed by atoms with Crippen molar-refractivity contribution in [2.24, 2.45) is 4.99 Å². The van der Waals surface area contributed by atoms with E-state index in [0.717, 1.165) is 23.8 Å². The number of aromatic nitrogens is 1. The summed E-state index contributed by atoms with van der Waals surface area (Å²) >= 11 is 4.16. The van der Waals surface area contributed by atoms with Gasteiger partial charge in [0.25, 0.3) is 0 Å². The number of fused-ring (bicyclic) bond motifs is 1. The molecule has 0 aliphatic heterocycles. The smallest absolute Gasteiger partial charge is 0.231 e. The summed E-state index contributed by atoms with van der Waals surface area (Å²) in [5.74, 6) is 0.693. The van der Waals surface area contributed by atoms with Crippen molar-refractivity contribution in [1.82, 2.24) is 4.98 Å². The molecule has 3 aromatic carbocycles. The molecule has 5 nitrogen and oxygen atoms in total. The third-order valence-corrected chi connectivity index (χ3v) is 5.80. The lowest BCUT2D eigenvalue weighted by molar-refractivity contribution is 0.467. The van der Waals surface area contributed by atoms with Crippen molar-refractivity contribution in [1.29, 1.82) is 0 Å². The van der Waals surface area contributed by atoms with Gasteiger partial charge in [-0.2, -0.15) is 0 Å². The number of aryl methyl sites for hydroxylation is 1. The first kappa shape index (κ1) is 19.2. The van der Waals surface area contributed by atoms with Crippen LogP contribution in [0.5, 0.6) is 11.5 Å². The molecule has 2 N–H and O–H groups in total. The molecule has 1 aromatic heterocycles. The molecule has 1 heterocycles. The van der Waals surface area contributed by atoms with Crippen LogP contribution in [0, 0.1) is 14.1 Å². The second kappa shape index (κ2) is 7.70. The maximum Gasteiger partial charge on any atom is 0.231 e. The van der Waals surface area contributed by atoms with Crippen LogP contribution in [0.25, 0.3) is 22.6 Å². The summed E-state index contributed by atoms with van der Waals surface area (Å²) in [6.45, 7) is 1.99. The van der Waals surface area contributed by atoms with Crippen molar-refractivity contribution in [3.8, 4) is 23.0 Å². The minimum atomic E-state index is 0.0489. The van der Waals surface area contributed by atoms with E-state index in [9.17, 15) is 10.2 Å². The van der Waals surface area contributed by atoms with E-state index in [1.165, 1.54) is 0 Å². The van der Waals surface area contributed by atoms with Crippen molar-refractivity contribution >= 4 is 68.2 Å². The fourth-order valence-corrected chi connectivity index (χ4v) is 4.56. The average molecular weight is 596 g/mol. The lowest BCUT2D eigenvalue weighted by atomic mass is 10.2. The molecule has 0 atom stereocenters. The summed E-state index contributed by atoms with van der Waals surface area (Å²) in [7, 11) is 0. The first-order chi connectivity index (χ1) is 13.4. The molecule has 0 bridgehead atoms. The number of hydrogen-bond acceptors (Lipinski definition) is 5. The fraction of sp³-hybridized carbons (Fsp3) is 0.0476. The molecular formula is C21H14I2N2O3. The van der Waals surface area contributed by atoms with E-state index in [1.54, 1.807) is 24.4 Å². The number of rotatable bonds is 3. The Balaban J connectivity index is 1.64. The van der Waals surface area contributed by atoms with Gasteiger partial charge in [-0.05, 0) is 99.6 Å². The van der Waals surface area contributed by atoms with E-state index < -0.39 is 0 Å². The fourth-order valence-electron chi connectivity index (χ4n) is 2.74. The van der Waals surface area contributed by atoms with Crippen molar-refractivity contribution in [2.45, 2.75) is 6.92 Å². The van der Waals surface area contributed by atoms with Gasteiger partial charge >= 0.3 is 0 Å². The van der Waals surface area contributed by atoms with Crippen LogP contribution in [-0.2, 0) is 0 Å². The molecule has 0 unspecified atom stereocenters. The lowest BCUT2D eigenvalue weighted by Gasteiger charge is -2.03. The number of halogens is 2. The number of benzene rings is 3. The Labute approximate surface area is 188 Å². The Kier molecular flexibility index (Phi) is 5.28. The third-order valence-electron chi connectivity index (χ3n) is 4.16. The molecule has 0 aliphatic carbocycles. The minimum absolute atomic E-state index is 0.0489. The van der Waals surface area contributed by atoms with Crippen LogP contribution in [-0.4, -0.2) is 21.4 Å². The number of phenols is 2. The summed E-state index contributed by atoms with van der Waals surface area (Å²) in [6, 6.07) is 14.6. The largest absolute Gasteiger partial charge is 0.507 e. The van der Waals surface area contributed by atoms with Gasteiger partial charge in [0.2, 0.25) is 5.89 Å². The second-order valence-electron chi connectivity index (χ2n) is 6.28. The normalized spacial score (nSPS) is 11.5. The van der Waals surface area contributed by atoms with E-state index in [4.69, 9.17) is 4.42 Å². The topological polar surface area (TPSA) is 78.9 Å². The van der Waals surface area contributed by atoms with Crippen molar-refractivity contribution in [3.05, 3.63) is 66.8 Å². The number of aliphatic imine (C=N–C) groups is 1. The zero-order chi connectivity index (χ0) is 19.8. The molecule has 0 radical (unpaired) electrons. The first-order valence-electron chi connectivity index (χ1n) is 8.33. The number of nitrogens with zero attached hydrogens (tertiary/aromatic N) is 2. The van der Waals surface area contributed by atoms with Gasteiger partial charge in [0, 0.05) is 12.3 Å². The van der Waals surface area contributed by atoms with Crippen LogP contribution in [0.2, 0.25) is 0 Å². The van der Waals surface area contributed by atoms with Gasteiger partial charge in [-0.3, -0.25) is 4.99 Å². The van der Waals surface area contributed by atoms with Gasteiger partial charge in [0.15, 0.2) is 5.58 Å². The number of phenolic OH excluding ortho intramolecular Hbond substituents is 2. The quantitative estimate of drug-likeness (QED) is 0.219. The molecule has 4 aromatic rings. The summed E-state index contributed by atoms with van der Waals surface area (Å²) in [4.78, 5) is 8.88. The maximum absolute atomic E-state index is 10.4. The molecular weight excluding hydrogens is 582 g/mol. The summed E-state index contributed by atoms with van der Waals surface area (Å²) in [5, 5.41) is 20.3. The van der Waals surface area contributed by atoms with Crippen LogP contribution in [0.3, 0.4) is 0 Å². The van der Waals surface area contributed by atoms with Crippen LogP contribution >= 0.6 is 45.2 Å². The molecule has 4 rings (SSSR count). The van der Waals surface area contributed by atoms with Crippen LogP contribution in [0.4, 0.5) is 5.69 Å². The van der Waals surface area contributed by atoms with Crippen LogP contribution in [0.15, 0.2) is 57.9 Å². The minimum Gasteiger partial charge on any atom is -0.507 e. The highest BCUT2D eigenvalue weighted by atomic mass is 127. The molecule has 0 saturated carbocycles.